The molecule has 7 heteroatoms. The minimum atomic E-state index is -1.08. The molecule has 1 aromatic carbocycles. The van der Waals surface area contributed by atoms with Gasteiger partial charge >= 0.3 is 12.0 Å². The van der Waals surface area contributed by atoms with E-state index in [0.717, 1.165) is 10.0 Å². The smallest absolute Gasteiger partial charge is 0.325 e. The van der Waals surface area contributed by atoms with Crippen molar-refractivity contribution in [2.24, 2.45) is 0 Å². The largest absolute Gasteiger partial charge is 0.481 e. The van der Waals surface area contributed by atoms with Gasteiger partial charge in [0.15, 0.2) is 0 Å². The molecule has 1 aromatic rings. The molecule has 0 heterocycles. The Hall–Kier alpha value is -1.89. The Morgan fingerprint density at radius 2 is 1.95 bits per heavy atom. The predicted octanol–water partition coefficient (Wildman–Crippen LogP) is 2.27. The molecule has 6 nitrogen and oxygen atoms in total. The number of nitrogens with one attached hydrogen (secondary N) is 2. The fraction of sp³-hybridized carbons (Fsp3) is 0.250. The quantitative estimate of drug-likeness (QED) is 0.790. The van der Waals surface area contributed by atoms with Crippen LogP contribution in [0.4, 0.5) is 10.5 Å². The number of urea groups is 1. The lowest BCUT2D eigenvalue weighted by Gasteiger charge is -2.09. The first-order valence-corrected chi connectivity index (χ1v) is 6.27. The van der Waals surface area contributed by atoms with Crippen molar-refractivity contribution >= 4 is 39.5 Å². The summed E-state index contributed by atoms with van der Waals surface area (Å²) in [6.45, 7) is 1.81. The van der Waals surface area contributed by atoms with Crippen molar-refractivity contribution in [3.8, 4) is 0 Å². The molecule has 0 saturated carbocycles. The number of benzene rings is 1. The zero-order valence-electron chi connectivity index (χ0n) is 10.2. The van der Waals surface area contributed by atoms with Gasteiger partial charge in [0, 0.05) is 16.6 Å². The van der Waals surface area contributed by atoms with Gasteiger partial charge in [-0.25, -0.2) is 4.79 Å². The number of amides is 3. The van der Waals surface area contributed by atoms with Crippen molar-refractivity contribution < 1.29 is 19.5 Å². The fourth-order valence-corrected chi connectivity index (χ4v) is 1.67. The van der Waals surface area contributed by atoms with Gasteiger partial charge in [-0.2, -0.15) is 0 Å². The molecule has 0 aliphatic heterocycles. The molecule has 0 radical (unpaired) electrons. The third-order valence-electron chi connectivity index (χ3n) is 2.33. The molecule has 0 aromatic heterocycles. The van der Waals surface area contributed by atoms with Gasteiger partial charge in [0.25, 0.3) is 0 Å². The molecule has 102 valence electrons. The van der Waals surface area contributed by atoms with E-state index < -0.39 is 17.9 Å². The van der Waals surface area contributed by atoms with Crippen LogP contribution in [-0.2, 0) is 9.59 Å². The number of carbonyl (C=O) groups is 3. The molecule has 0 spiro atoms. The summed E-state index contributed by atoms with van der Waals surface area (Å²) in [4.78, 5) is 33.1. The van der Waals surface area contributed by atoms with E-state index in [1.165, 1.54) is 0 Å². The number of imide groups is 1. The van der Waals surface area contributed by atoms with E-state index in [4.69, 9.17) is 5.11 Å². The van der Waals surface area contributed by atoms with Crippen LogP contribution < -0.4 is 10.6 Å². The fourth-order valence-electron chi connectivity index (χ4n) is 1.31. The monoisotopic (exact) mass is 328 g/mol. The molecule has 3 N–H and O–H groups in total. The van der Waals surface area contributed by atoms with E-state index >= 15 is 0 Å². The van der Waals surface area contributed by atoms with Crippen molar-refractivity contribution in [1.29, 1.82) is 0 Å². The number of carboxylic acids is 1. The summed E-state index contributed by atoms with van der Waals surface area (Å²) in [5, 5.41) is 13.0. The van der Waals surface area contributed by atoms with Gasteiger partial charge in [-0.3, -0.25) is 14.9 Å². The van der Waals surface area contributed by atoms with Crippen molar-refractivity contribution in [3.63, 3.8) is 0 Å². The van der Waals surface area contributed by atoms with Gasteiger partial charge in [0.1, 0.15) is 0 Å². The minimum Gasteiger partial charge on any atom is -0.481 e. The predicted molar refractivity (Wildman–Crippen MR) is 72.9 cm³/mol. The summed E-state index contributed by atoms with van der Waals surface area (Å²) in [5.41, 5.74) is 1.40. The van der Waals surface area contributed by atoms with Crippen molar-refractivity contribution in [3.05, 3.63) is 28.2 Å². The van der Waals surface area contributed by atoms with Gasteiger partial charge in [-0.15, -0.1) is 0 Å². The molecule has 0 aliphatic rings. The van der Waals surface area contributed by atoms with E-state index in [0.29, 0.717) is 5.69 Å². The molecule has 0 atom stereocenters. The van der Waals surface area contributed by atoms with Crippen LogP contribution >= 0.6 is 15.9 Å². The number of hydrogen-bond acceptors (Lipinski definition) is 3. The molecule has 0 bridgehead atoms. The Morgan fingerprint density at radius 3 is 2.58 bits per heavy atom. The second-order valence-corrected chi connectivity index (χ2v) is 4.66. The minimum absolute atomic E-state index is 0.236. The van der Waals surface area contributed by atoms with Crippen LogP contribution in [0, 0.1) is 6.92 Å². The van der Waals surface area contributed by atoms with Crippen LogP contribution in [0.15, 0.2) is 22.7 Å². The summed E-state index contributed by atoms with van der Waals surface area (Å²) >= 11 is 3.32. The Kier molecular flexibility index (Phi) is 5.50. The SMILES string of the molecule is Cc1c(Br)cccc1NC(=O)NC(=O)CCC(=O)O. The van der Waals surface area contributed by atoms with Crippen LogP contribution in [0.2, 0.25) is 0 Å². The Labute approximate surface area is 118 Å². The average molecular weight is 329 g/mol. The first-order chi connectivity index (χ1) is 8.90. The van der Waals surface area contributed by atoms with Crippen molar-refractivity contribution in [1.82, 2.24) is 5.32 Å². The number of carbonyl (C=O) groups excluding carboxylic acids is 2. The highest BCUT2D eigenvalue weighted by atomic mass is 79.9. The van der Waals surface area contributed by atoms with Gasteiger partial charge < -0.3 is 10.4 Å². The number of carboxylic acid groups (broad SMARTS) is 1. The second kappa shape index (κ2) is 6.89. The highest BCUT2D eigenvalue weighted by molar-refractivity contribution is 9.10. The number of halogens is 1. The lowest BCUT2D eigenvalue weighted by atomic mass is 10.2. The Bertz CT molecular complexity index is 516. The summed E-state index contributed by atoms with van der Waals surface area (Å²) in [6.07, 6.45) is -0.546. The van der Waals surface area contributed by atoms with Gasteiger partial charge in [-0.05, 0) is 24.6 Å². The van der Waals surface area contributed by atoms with Crippen molar-refractivity contribution in [2.75, 3.05) is 5.32 Å². The van der Waals surface area contributed by atoms with Crippen LogP contribution in [0.1, 0.15) is 18.4 Å². The van der Waals surface area contributed by atoms with E-state index in [1.807, 2.05) is 13.0 Å². The van der Waals surface area contributed by atoms with Gasteiger partial charge in [-0.1, -0.05) is 22.0 Å². The van der Waals surface area contributed by atoms with Gasteiger partial charge in [0.05, 0.1) is 6.42 Å². The zero-order chi connectivity index (χ0) is 14.4. The average Bonchev–Trinajstić information content (AvgIpc) is 2.32. The summed E-state index contributed by atoms with van der Waals surface area (Å²) in [6, 6.07) is 4.59. The molecule has 1 rings (SSSR count). The Morgan fingerprint density at radius 1 is 1.26 bits per heavy atom. The second-order valence-electron chi connectivity index (χ2n) is 3.81. The topological polar surface area (TPSA) is 95.5 Å². The first kappa shape index (κ1) is 15.2. The lowest BCUT2D eigenvalue weighted by molar-refractivity contribution is -0.138. The summed E-state index contributed by atoms with van der Waals surface area (Å²) in [5.74, 6) is -1.72. The van der Waals surface area contributed by atoms with Crippen molar-refractivity contribution in [2.45, 2.75) is 19.8 Å². The number of rotatable bonds is 4. The molecule has 0 unspecified atom stereocenters. The standard InChI is InChI=1S/C12H13BrN2O4/c1-7-8(13)3-2-4-9(7)14-12(19)15-10(16)5-6-11(17)18/h2-4H,5-6H2,1H3,(H,17,18)(H2,14,15,16,19). The maximum absolute atomic E-state index is 11.5. The van der Waals surface area contributed by atoms with E-state index in [1.54, 1.807) is 12.1 Å². The highest BCUT2D eigenvalue weighted by Crippen LogP contribution is 2.23. The third kappa shape index (κ3) is 5.09. The number of aliphatic carboxylic acids is 1. The van der Waals surface area contributed by atoms with Crippen LogP contribution in [0.3, 0.4) is 0 Å². The molecular formula is C12H13BrN2O4. The molecule has 0 fully saturated rings. The first-order valence-electron chi connectivity index (χ1n) is 5.48. The molecular weight excluding hydrogens is 316 g/mol. The molecule has 0 saturated heterocycles. The van der Waals surface area contributed by atoms with Crippen LogP contribution in [0.5, 0.6) is 0 Å². The zero-order valence-corrected chi connectivity index (χ0v) is 11.8. The van der Waals surface area contributed by atoms with E-state index in [2.05, 4.69) is 26.6 Å². The molecule has 19 heavy (non-hydrogen) atoms. The normalized spacial score (nSPS) is 9.79. The maximum Gasteiger partial charge on any atom is 0.325 e. The van der Waals surface area contributed by atoms with Crippen LogP contribution in [-0.4, -0.2) is 23.0 Å². The Balaban J connectivity index is 2.53. The summed E-state index contributed by atoms with van der Waals surface area (Å²) in [7, 11) is 0. The van der Waals surface area contributed by atoms with E-state index in [9.17, 15) is 14.4 Å². The highest BCUT2D eigenvalue weighted by Gasteiger charge is 2.11. The molecule has 3 amide bonds. The number of hydrogen-bond donors (Lipinski definition) is 3. The summed E-state index contributed by atoms with van der Waals surface area (Å²) < 4.78 is 0.836. The number of anilines is 1. The van der Waals surface area contributed by atoms with Crippen LogP contribution in [0.25, 0.3) is 0 Å². The maximum atomic E-state index is 11.5. The lowest BCUT2D eigenvalue weighted by Crippen LogP contribution is -2.34. The van der Waals surface area contributed by atoms with E-state index in [-0.39, 0.29) is 12.8 Å². The third-order valence-corrected chi connectivity index (χ3v) is 3.19. The molecule has 0 aliphatic carbocycles. The van der Waals surface area contributed by atoms with Gasteiger partial charge in [0.2, 0.25) is 5.91 Å².